The number of carbonyl (C=O) groups is 1. The van der Waals surface area contributed by atoms with Crippen molar-refractivity contribution in [2.75, 3.05) is 6.54 Å². The van der Waals surface area contributed by atoms with E-state index in [0.717, 1.165) is 44.0 Å². The first kappa shape index (κ1) is 15.2. The van der Waals surface area contributed by atoms with Crippen LogP contribution in [0.5, 0.6) is 0 Å². The fourth-order valence-corrected chi connectivity index (χ4v) is 3.20. The highest BCUT2D eigenvalue weighted by atomic mass is 32.1. The van der Waals surface area contributed by atoms with E-state index >= 15 is 0 Å². The molecule has 1 aromatic heterocycles. The standard InChI is InChI=1S/C16H20N2O3S/c19-14(17-10-16(20)7-3-1-2-4-8-16)11-5-6-12-13(9-11)21-15(22)18-12/h5-6,9,20H,1-4,7-8,10H2,(H,17,19)(H,18,22). The monoisotopic (exact) mass is 320 g/mol. The zero-order chi connectivity index (χ0) is 15.6. The Morgan fingerprint density at radius 3 is 2.77 bits per heavy atom. The van der Waals surface area contributed by atoms with E-state index in [2.05, 4.69) is 10.3 Å². The number of nitrogens with one attached hydrogen (secondary N) is 2. The molecule has 0 saturated heterocycles. The molecule has 3 N–H and O–H groups in total. The van der Waals surface area contributed by atoms with Gasteiger partial charge in [-0.15, -0.1) is 0 Å². The molecule has 1 aliphatic rings. The largest absolute Gasteiger partial charge is 0.429 e. The van der Waals surface area contributed by atoms with Crippen LogP contribution in [0.25, 0.3) is 11.1 Å². The highest BCUT2D eigenvalue weighted by Crippen LogP contribution is 2.26. The number of rotatable bonds is 3. The summed E-state index contributed by atoms with van der Waals surface area (Å²) in [6.45, 7) is 0.292. The summed E-state index contributed by atoms with van der Waals surface area (Å²) < 4.78 is 5.32. The van der Waals surface area contributed by atoms with Gasteiger partial charge in [-0.1, -0.05) is 25.7 Å². The summed E-state index contributed by atoms with van der Waals surface area (Å²) in [6, 6.07) is 5.15. The first-order valence-corrected chi connectivity index (χ1v) is 8.10. The lowest BCUT2D eigenvalue weighted by Crippen LogP contribution is -2.42. The summed E-state index contributed by atoms with van der Waals surface area (Å²) in [5.74, 6) is -0.207. The maximum absolute atomic E-state index is 12.3. The number of oxazole rings is 1. The Kier molecular flexibility index (Phi) is 4.31. The van der Waals surface area contributed by atoms with Crippen molar-refractivity contribution in [3.05, 3.63) is 28.6 Å². The number of H-pyrrole nitrogens is 1. The molecule has 0 radical (unpaired) electrons. The number of fused-ring (bicyclic) bond motifs is 1. The Morgan fingerprint density at radius 1 is 1.32 bits per heavy atom. The number of aromatic nitrogens is 1. The minimum absolute atomic E-state index is 0.207. The van der Waals surface area contributed by atoms with Crippen molar-refractivity contribution in [2.45, 2.75) is 44.1 Å². The van der Waals surface area contributed by atoms with E-state index in [-0.39, 0.29) is 5.91 Å². The number of hydrogen-bond acceptors (Lipinski definition) is 4. The fraction of sp³-hybridized carbons (Fsp3) is 0.500. The Balaban J connectivity index is 1.68. The van der Waals surface area contributed by atoms with Crippen LogP contribution in [-0.4, -0.2) is 28.1 Å². The fourth-order valence-electron chi connectivity index (χ4n) is 3.00. The quantitative estimate of drug-likeness (QED) is 0.599. The predicted molar refractivity (Wildman–Crippen MR) is 86.4 cm³/mol. The van der Waals surface area contributed by atoms with Crippen LogP contribution in [0, 0.1) is 4.84 Å². The lowest BCUT2D eigenvalue weighted by molar-refractivity contribution is 0.0246. The molecule has 1 fully saturated rings. The minimum Gasteiger partial charge on any atom is -0.429 e. The van der Waals surface area contributed by atoms with Crippen LogP contribution in [0.1, 0.15) is 48.9 Å². The third kappa shape index (κ3) is 3.39. The number of aliphatic hydroxyl groups is 1. The summed E-state index contributed by atoms with van der Waals surface area (Å²) in [5.41, 5.74) is 1.06. The van der Waals surface area contributed by atoms with Crippen molar-refractivity contribution >= 4 is 29.2 Å². The molecule has 3 rings (SSSR count). The van der Waals surface area contributed by atoms with Gasteiger partial charge in [-0.25, -0.2) is 0 Å². The van der Waals surface area contributed by atoms with Gasteiger partial charge < -0.3 is 19.8 Å². The van der Waals surface area contributed by atoms with Crippen molar-refractivity contribution in [1.82, 2.24) is 10.3 Å². The van der Waals surface area contributed by atoms with Gasteiger partial charge in [0.2, 0.25) is 0 Å². The average molecular weight is 320 g/mol. The van der Waals surface area contributed by atoms with Gasteiger partial charge in [-0.05, 0) is 43.3 Å². The van der Waals surface area contributed by atoms with Crippen molar-refractivity contribution in [3.63, 3.8) is 0 Å². The molecule has 1 aliphatic carbocycles. The van der Waals surface area contributed by atoms with Crippen molar-refractivity contribution in [3.8, 4) is 0 Å². The first-order valence-electron chi connectivity index (χ1n) is 7.69. The maximum Gasteiger partial charge on any atom is 0.266 e. The van der Waals surface area contributed by atoms with E-state index < -0.39 is 5.60 Å². The molecule has 5 nitrogen and oxygen atoms in total. The molecular formula is C16H20N2O3S. The molecule has 0 atom stereocenters. The van der Waals surface area contributed by atoms with Crippen LogP contribution in [-0.2, 0) is 0 Å². The van der Waals surface area contributed by atoms with E-state index in [1.54, 1.807) is 18.2 Å². The number of benzene rings is 1. The molecule has 0 unspecified atom stereocenters. The van der Waals surface area contributed by atoms with Gasteiger partial charge in [0.1, 0.15) is 0 Å². The minimum atomic E-state index is -0.775. The van der Waals surface area contributed by atoms with Gasteiger partial charge in [0.15, 0.2) is 5.58 Å². The van der Waals surface area contributed by atoms with Gasteiger partial charge in [0.25, 0.3) is 10.7 Å². The Morgan fingerprint density at radius 2 is 2.05 bits per heavy atom. The molecule has 0 aliphatic heterocycles. The summed E-state index contributed by atoms with van der Waals surface area (Å²) in [5, 5.41) is 13.4. The highest BCUT2D eigenvalue weighted by molar-refractivity contribution is 7.71. The summed E-state index contributed by atoms with van der Waals surface area (Å²) in [6.07, 6.45) is 5.85. The van der Waals surface area contributed by atoms with Crippen LogP contribution in [0.2, 0.25) is 0 Å². The summed E-state index contributed by atoms with van der Waals surface area (Å²) in [4.78, 5) is 15.5. The van der Waals surface area contributed by atoms with E-state index in [1.807, 2.05) is 0 Å². The van der Waals surface area contributed by atoms with E-state index in [0.29, 0.717) is 22.5 Å². The lowest BCUT2D eigenvalue weighted by atomic mass is 9.94. The molecule has 22 heavy (non-hydrogen) atoms. The lowest BCUT2D eigenvalue weighted by Gasteiger charge is -2.26. The molecular weight excluding hydrogens is 300 g/mol. The average Bonchev–Trinajstić information content (AvgIpc) is 2.73. The van der Waals surface area contributed by atoms with E-state index in [1.165, 1.54) is 0 Å². The van der Waals surface area contributed by atoms with Crippen LogP contribution < -0.4 is 5.32 Å². The SMILES string of the molecule is O=C(NCC1(O)CCCCCC1)c1ccc2[nH]c(=S)oc2c1. The second-order valence-corrected chi connectivity index (χ2v) is 6.42. The predicted octanol–water partition coefficient (Wildman–Crippen LogP) is 3.31. The number of hydrogen-bond donors (Lipinski definition) is 3. The van der Waals surface area contributed by atoms with Gasteiger partial charge >= 0.3 is 0 Å². The third-order valence-electron chi connectivity index (χ3n) is 4.30. The number of amides is 1. The molecule has 0 spiro atoms. The molecule has 1 amide bonds. The Hall–Kier alpha value is -1.66. The molecule has 6 heteroatoms. The molecule has 118 valence electrons. The molecule has 1 aromatic carbocycles. The Labute approximate surface area is 133 Å². The van der Waals surface area contributed by atoms with Gasteiger partial charge in [0.05, 0.1) is 11.1 Å². The smallest absolute Gasteiger partial charge is 0.266 e. The van der Waals surface area contributed by atoms with Crippen LogP contribution in [0.3, 0.4) is 0 Å². The summed E-state index contributed by atoms with van der Waals surface area (Å²) >= 11 is 4.93. The van der Waals surface area contributed by atoms with Gasteiger partial charge in [-0.2, -0.15) is 0 Å². The molecule has 0 bridgehead atoms. The highest BCUT2D eigenvalue weighted by Gasteiger charge is 2.28. The zero-order valence-electron chi connectivity index (χ0n) is 12.4. The Bertz CT molecular complexity index is 726. The number of carbonyl (C=O) groups excluding carboxylic acids is 1. The van der Waals surface area contributed by atoms with Gasteiger partial charge in [-0.3, -0.25) is 4.79 Å². The van der Waals surface area contributed by atoms with Gasteiger partial charge in [0, 0.05) is 12.1 Å². The molecule has 2 aromatic rings. The van der Waals surface area contributed by atoms with E-state index in [4.69, 9.17) is 16.6 Å². The molecule has 1 saturated carbocycles. The van der Waals surface area contributed by atoms with Crippen LogP contribution in [0.15, 0.2) is 22.6 Å². The first-order chi connectivity index (χ1) is 10.6. The molecule has 1 heterocycles. The normalized spacial score (nSPS) is 18.0. The topological polar surface area (TPSA) is 78.3 Å². The zero-order valence-corrected chi connectivity index (χ0v) is 13.2. The second kappa shape index (κ2) is 6.22. The van der Waals surface area contributed by atoms with Crippen molar-refractivity contribution in [1.29, 1.82) is 0 Å². The summed E-state index contributed by atoms with van der Waals surface area (Å²) in [7, 11) is 0. The third-order valence-corrected chi connectivity index (χ3v) is 4.48. The second-order valence-electron chi connectivity index (χ2n) is 6.05. The van der Waals surface area contributed by atoms with Crippen molar-refractivity contribution < 1.29 is 14.3 Å². The van der Waals surface area contributed by atoms with Crippen LogP contribution >= 0.6 is 12.2 Å². The van der Waals surface area contributed by atoms with Crippen molar-refractivity contribution in [2.24, 2.45) is 0 Å². The van der Waals surface area contributed by atoms with Crippen LogP contribution in [0.4, 0.5) is 0 Å². The maximum atomic E-state index is 12.3. The van der Waals surface area contributed by atoms with E-state index in [9.17, 15) is 9.90 Å². The number of aromatic amines is 1.